The molecule has 0 amide bonds. The fourth-order valence-corrected chi connectivity index (χ4v) is 11.3. The number of nitrogens with zero attached hydrogens (tertiary/aromatic N) is 1. The van der Waals surface area contributed by atoms with Crippen LogP contribution in [0.4, 0.5) is 0 Å². The molecule has 5 heteroatoms. The van der Waals surface area contributed by atoms with E-state index >= 15 is 0 Å². The van der Waals surface area contributed by atoms with Gasteiger partial charge in [-0.15, -0.1) is 0 Å². The van der Waals surface area contributed by atoms with Gasteiger partial charge in [0.2, 0.25) is 5.70 Å². The first-order valence-corrected chi connectivity index (χ1v) is 21.4. The quantitative estimate of drug-likeness (QED) is 0.0394. The second-order valence-electron chi connectivity index (χ2n) is 18.1. The van der Waals surface area contributed by atoms with E-state index in [4.69, 9.17) is 4.74 Å². The van der Waals surface area contributed by atoms with Crippen LogP contribution in [0.25, 0.3) is 0 Å². The lowest BCUT2D eigenvalue weighted by atomic mass is 9.47. The van der Waals surface area contributed by atoms with Crippen LogP contribution in [0.2, 0.25) is 0 Å². The number of allylic oxidation sites excluding steroid dienone is 5. The van der Waals surface area contributed by atoms with Gasteiger partial charge >= 0.3 is 5.97 Å². The van der Waals surface area contributed by atoms with Crippen LogP contribution in [0, 0.1) is 56.5 Å². The van der Waals surface area contributed by atoms with E-state index in [9.17, 15) is 14.9 Å². The highest BCUT2D eigenvalue weighted by Crippen LogP contribution is 2.67. The highest BCUT2D eigenvalue weighted by molar-refractivity contribution is 5.69. The molecule has 0 heterocycles. The first kappa shape index (κ1) is 40.9. The zero-order valence-electron chi connectivity index (χ0n) is 33.2. The molecule has 0 saturated heterocycles. The topological polar surface area (TPSA) is 69.4 Å². The van der Waals surface area contributed by atoms with Gasteiger partial charge in [-0.05, 0) is 129 Å². The molecule has 284 valence electrons. The largest absolute Gasteiger partial charge is 0.462 e. The number of carbonyl (C=O) groups excluding carboxylic acids is 1. The molecule has 5 unspecified atom stereocenters. The van der Waals surface area contributed by atoms with Crippen molar-refractivity contribution in [3.8, 4) is 0 Å². The Labute approximate surface area is 307 Å². The summed E-state index contributed by atoms with van der Waals surface area (Å²) in [7, 11) is 0. The summed E-state index contributed by atoms with van der Waals surface area (Å²) in [5, 5.41) is 11.4. The molecular formula is C45H75NO4. The van der Waals surface area contributed by atoms with Gasteiger partial charge in [0.05, 0.1) is 4.92 Å². The van der Waals surface area contributed by atoms with E-state index in [1.807, 2.05) is 0 Å². The van der Waals surface area contributed by atoms with Crippen molar-refractivity contribution in [1.29, 1.82) is 0 Å². The Morgan fingerprint density at radius 3 is 2.42 bits per heavy atom. The summed E-state index contributed by atoms with van der Waals surface area (Å²) >= 11 is 0. The molecule has 50 heavy (non-hydrogen) atoms. The number of fused-ring (bicyclic) bond motifs is 5. The molecule has 4 aliphatic carbocycles. The minimum atomic E-state index is -0.220. The van der Waals surface area contributed by atoms with Gasteiger partial charge in [0.25, 0.3) is 0 Å². The zero-order chi connectivity index (χ0) is 36.1. The van der Waals surface area contributed by atoms with E-state index in [-0.39, 0.29) is 22.4 Å². The van der Waals surface area contributed by atoms with Crippen molar-refractivity contribution in [2.45, 2.75) is 195 Å². The third kappa shape index (κ3) is 10.8. The van der Waals surface area contributed by atoms with Crippen LogP contribution in [-0.4, -0.2) is 17.0 Å². The number of unbranched alkanes of at least 4 members (excludes halogenated alkanes) is 7. The normalized spacial score (nSPS) is 31.6. The number of nitro groups is 1. The molecule has 5 nitrogen and oxygen atoms in total. The van der Waals surface area contributed by atoms with Gasteiger partial charge < -0.3 is 4.74 Å². The van der Waals surface area contributed by atoms with Crippen LogP contribution in [0.1, 0.15) is 189 Å². The summed E-state index contributed by atoms with van der Waals surface area (Å²) < 4.78 is 6.09. The first-order chi connectivity index (χ1) is 24.0. The Morgan fingerprint density at radius 2 is 1.68 bits per heavy atom. The molecule has 4 aliphatic rings. The maximum Gasteiger partial charge on any atom is 0.306 e. The van der Waals surface area contributed by atoms with Gasteiger partial charge in [0.1, 0.15) is 6.10 Å². The summed E-state index contributed by atoms with van der Waals surface area (Å²) in [5.41, 5.74) is 2.73. The number of rotatable bonds is 21. The lowest BCUT2D eigenvalue weighted by Crippen LogP contribution is -2.51. The molecule has 4 rings (SSSR count). The Balaban J connectivity index is 1.15. The fraction of sp³-hybridized carbons (Fsp3) is 0.844. The van der Waals surface area contributed by atoms with Gasteiger partial charge in [-0.25, -0.2) is 0 Å². The van der Waals surface area contributed by atoms with Crippen molar-refractivity contribution in [3.63, 3.8) is 0 Å². The number of ether oxygens (including phenoxy) is 1. The standard InChI is InChI=1S/C45H75NO4/c1-7-8-9-10-11-13-16-22-37(46(48)49)23-17-14-12-15-18-24-43(47)50-38-29-31-44(5)36(33-38)25-26-39-41-28-27-40(35(4)21-19-20-34(2)3)45(41,6)32-30-42(39)44/h11,13,22,25,34-35,38-42H,7-10,12,14-21,23-24,26-33H2,1-6H3/b13-11-,37-22+/t35-,38?,39?,40?,41?,42?,44+,45-/m1/s1. The number of carbonyl (C=O) groups is 1. The monoisotopic (exact) mass is 694 g/mol. The summed E-state index contributed by atoms with van der Waals surface area (Å²) in [6.07, 6.45) is 33.7. The Hall–Kier alpha value is -1.91. The average Bonchev–Trinajstić information content (AvgIpc) is 3.43. The minimum Gasteiger partial charge on any atom is -0.462 e. The van der Waals surface area contributed by atoms with Crippen molar-refractivity contribution in [2.75, 3.05) is 0 Å². The summed E-state index contributed by atoms with van der Waals surface area (Å²) in [6.45, 7) is 14.7. The maximum atomic E-state index is 12.8. The van der Waals surface area contributed by atoms with E-state index in [0.717, 1.165) is 93.3 Å². The molecule has 3 fully saturated rings. The van der Waals surface area contributed by atoms with Crippen molar-refractivity contribution in [1.82, 2.24) is 0 Å². The van der Waals surface area contributed by atoms with Crippen LogP contribution in [0.3, 0.4) is 0 Å². The minimum absolute atomic E-state index is 0.0355. The first-order valence-electron chi connectivity index (χ1n) is 21.4. The Bertz CT molecular complexity index is 1170. The van der Waals surface area contributed by atoms with Crippen LogP contribution >= 0.6 is 0 Å². The van der Waals surface area contributed by atoms with Crippen molar-refractivity contribution in [2.24, 2.45) is 46.3 Å². The summed E-state index contributed by atoms with van der Waals surface area (Å²) in [5.74, 6) is 5.03. The van der Waals surface area contributed by atoms with E-state index < -0.39 is 0 Å². The highest BCUT2D eigenvalue weighted by Gasteiger charge is 2.59. The number of hydrogen-bond acceptors (Lipinski definition) is 4. The lowest BCUT2D eigenvalue weighted by Gasteiger charge is -2.58. The molecule has 3 saturated carbocycles. The van der Waals surface area contributed by atoms with E-state index in [0.29, 0.717) is 30.4 Å². The van der Waals surface area contributed by atoms with Crippen LogP contribution in [-0.2, 0) is 9.53 Å². The van der Waals surface area contributed by atoms with Crippen molar-refractivity contribution >= 4 is 5.97 Å². The summed E-state index contributed by atoms with van der Waals surface area (Å²) in [4.78, 5) is 24.1. The molecular weight excluding hydrogens is 618 g/mol. The zero-order valence-corrected chi connectivity index (χ0v) is 33.2. The molecule has 0 bridgehead atoms. The molecule has 0 radical (unpaired) electrons. The van der Waals surface area contributed by atoms with Crippen molar-refractivity contribution in [3.05, 3.63) is 45.7 Å². The van der Waals surface area contributed by atoms with Crippen LogP contribution < -0.4 is 0 Å². The molecule has 0 aromatic carbocycles. The fourth-order valence-electron chi connectivity index (χ4n) is 11.3. The smallest absolute Gasteiger partial charge is 0.306 e. The van der Waals surface area contributed by atoms with Crippen LogP contribution in [0.15, 0.2) is 35.6 Å². The Kier molecular flexibility index (Phi) is 16.2. The van der Waals surface area contributed by atoms with Gasteiger partial charge in [0.15, 0.2) is 0 Å². The molecule has 8 atom stereocenters. The van der Waals surface area contributed by atoms with E-state index in [2.05, 4.69) is 59.8 Å². The van der Waals surface area contributed by atoms with E-state index in [1.165, 1.54) is 70.6 Å². The second-order valence-corrected chi connectivity index (χ2v) is 18.1. The maximum absolute atomic E-state index is 12.8. The number of hydrogen-bond donors (Lipinski definition) is 0. The van der Waals surface area contributed by atoms with E-state index in [1.54, 1.807) is 11.6 Å². The van der Waals surface area contributed by atoms with Crippen LogP contribution in [0.5, 0.6) is 0 Å². The third-order valence-corrected chi connectivity index (χ3v) is 14.2. The summed E-state index contributed by atoms with van der Waals surface area (Å²) in [6, 6.07) is 0. The average molecular weight is 694 g/mol. The molecule has 0 spiro atoms. The SMILES string of the molecule is CCCCC/C=C\C/C=C(\CCCCCCCC(=O)OC1CC[C@@]2(C)C(=CCC3C4CCC([C@H](C)CCCC(C)C)[C@@]4(C)CCC32)C1)[N+](=O)[O-]. The predicted octanol–water partition coefficient (Wildman–Crippen LogP) is 13.4. The Morgan fingerprint density at radius 1 is 0.920 bits per heavy atom. The highest BCUT2D eigenvalue weighted by atomic mass is 16.6. The van der Waals surface area contributed by atoms with Gasteiger partial charge in [-0.3, -0.25) is 14.9 Å². The van der Waals surface area contributed by atoms with Gasteiger partial charge in [-0.1, -0.05) is 117 Å². The molecule has 0 aliphatic heterocycles. The molecule has 0 N–H and O–H groups in total. The van der Waals surface area contributed by atoms with Crippen molar-refractivity contribution < 1.29 is 14.5 Å². The van der Waals surface area contributed by atoms with Gasteiger partial charge in [0, 0.05) is 19.3 Å². The predicted molar refractivity (Wildman–Crippen MR) is 208 cm³/mol. The second kappa shape index (κ2) is 19.8. The molecule has 0 aromatic heterocycles. The third-order valence-electron chi connectivity index (χ3n) is 14.2. The number of esters is 1. The molecule has 0 aromatic rings. The lowest BCUT2D eigenvalue weighted by molar-refractivity contribution is -0.428. The van der Waals surface area contributed by atoms with Gasteiger partial charge in [-0.2, -0.15) is 0 Å².